The summed E-state index contributed by atoms with van der Waals surface area (Å²) in [5, 5.41) is 3.02. The van der Waals surface area contributed by atoms with Crippen LogP contribution in [0.25, 0.3) is 0 Å². The summed E-state index contributed by atoms with van der Waals surface area (Å²) in [4.78, 5) is 14.6. The molecule has 21 heavy (non-hydrogen) atoms. The maximum Gasteiger partial charge on any atom is 0.261 e. The average Bonchev–Trinajstić information content (AvgIpc) is 2.97. The Morgan fingerprint density at radius 2 is 2.14 bits per heavy atom. The van der Waals surface area contributed by atoms with Crippen molar-refractivity contribution in [3.63, 3.8) is 0 Å². The van der Waals surface area contributed by atoms with E-state index in [4.69, 9.17) is 0 Å². The number of amides is 1. The summed E-state index contributed by atoms with van der Waals surface area (Å²) in [5.74, 6) is 2.26. The quantitative estimate of drug-likeness (QED) is 0.794. The number of benzene rings is 1. The SMILES string of the molecule is O=C(NCC(Br)c1ccccc1)c1cc2c(s1)CCSC2. The number of fused-ring (bicyclic) bond motifs is 1. The van der Waals surface area contributed by atoms with Crippen molar-refractivity contribution >= 4 is 44.9 Å². The fourth-order valence-electron chi connectivity index (χ4n) is 2.31. The first-order chi connectivity index (χ1) is 10.2. The van der Waals surface area contributed by atoms with Gasteiger partial charge in [0.2, 0.25) is 0 Å². The molecule has 0 aliphatic carbocycles. The molecule has 0 saturated carbocycles. The maximum absolute atomic E-state index is 12.3. The number of rotatable bonds is 4. The van der Waals surface area contributed by atoms with Gasteiger partial charge >= 0.3 is 0 Å². The van der Waals surface area contributed by atoms with E-state index in [1.165, 1.54) is 21.8 Å². The van der Waals surface area contributed by atoms with E-state index in [1.54, 1.807) is 11.3 Å². The minimum Gasteiger partial charge on any atom is -0.350 e. The molecule has 2 heterocycles. The fourth-order valence-corrected chi connectivity index (χ4v) is 5.06. The summed E-state index contributed by atoms with van der Waals surface area (Å²) in [5.41, 5.74) is 2.53. The van der Waals surface area contributed by atoms with Crippen molar-refractivity contribution in [2.75, 3.05) is 12.3 Å². The Morgan fingerprint density at radius 1 is 1.33 bits per heavy atom. The van der Waals surface area contributed by atoms with Gasteiger partial charge in [-0.1, -0.05) is 46.3 Å². The van der Waals surface area contributed by atoms with Crippen LogP contribution < -0.4 is 5.32 Å². The average molecular weight is 382 g/mol. The zero-order valence-electron chi connectivity index (χ0n) is 11.5. The highest BCUT2D eigenvalue weighted by atomic mass is 79.9. The summed E-state index contributed by atoms with van der Waals surface area (Å²) in [6.07, 6.45) is 1.10. The normalized spacial score (nSPS) is 15.3. The van der Waals surface area contributed by atoms with E-state index in [9.17, 15) is 4.79 Å². The minimum atomic E-state index is 0.0415. The smallest absolute Gasteiger partial charge is 0.261 e. The van der Waals surface area contributed by atoms with Gasteiger partial charge in [-0.15, -0.1) is 11.3 Å². The van der Waals surface area contributed by atoms with Gasteiger partial charge in [-0.2, -0.15) is 11.8 Å². The van der Waals surface area contributed by atoms with Gasteiger partial charge in [0, 0.05) is 17.2 Å². The number of carbonyl (C=O) groups excluding carboxylic acids is 1. The van der Waals surface area contributed by atoms with E-state index >= 15 is 0 Å². The van der Waals surface area contributed by atoms with Crippen molar-refractivity contribution in [2.45, 2.75) is 17.0 Å². The third-order valence-electron chi connectivity index (χ3n) is 3.45. The second-order valence-electron chi connectivity index (χ2n) is 4.95. The zero-order chi connectivity index (χ0) is 14.7. The molecule has 1 unspecified atom stereocenters. The second-order valence-corrected chi connectivity index (χ2v) is 8.30. The second kappa shape index (κ2) is 6.99. The Balaban J connectivity index is 1.60. The van der Waals surface area contributed by atoms with Crippen molar-refractivity contribution in [2.24, 2.45) is 0 Å². The van der Waals surface area contributed by atoms with Gasteiger partial charge in [0.15, 0.2) is 0 Å². The lowest BCUT2D eigenvalue weighted by Gasteiger charge is -2.10. The summed E-state index contributed by atoms with van der Waals surface area (Å²) in [6, 6.07) is 12.2. The molecular formula is C16H16BrNOS2. The summed E-state index contributed by atoms with van der Waals surface area (Å²) < 4.78 is 0. The zero-order valence-corrected chi connectivity index (χ0v) is 14.7. The predicted molar refractivity (Wildman–Crippen MR) is 94.6 cm³/mol. The number of nitrogens with one attached hydrogen (secondary N) is 1. The topological polar surface area (TPSA) is 29.1 Å². The monoisotopic (exact) mass is 381 g/mol. The van der Waals surface area contributed by atoms with Crippen molar-refractivity contribution in [1.29, 1.82) is 0 Å². The van der Waals surface area contributed by atoms with Crippen molar-refractivity contribution in [3.8, 4) is 0 Å². The highest BCUT2D eigenvalue weighted by Crippen LogP contribution is 2.31. The standard InChI is InChI=1S/C16H16BrNOS2/c17-13(11-4-2-1-3-5-11)9-18-16(19)15-8-12-10-20-7-6-14(12)21-15/h1-5,8,13H,6-7,9-10H2,(H,18,19). The van der Waals surface area contributed by atoms with Crippen LogP contribution in [0.1, 0.15) is 30.5 Å². The molecular weight excluding hydrogens is 366 g/mol. The Morgan fingerprint density at radius 3 is 2.90 bits per heavy atom. The Kier molecular flexibility index (Phi) is 5.03. The van der Waals surface area contributed by atoms with E-state index in [2.05, 4.69) is 39.4 Å². The molecule has 0 spiro atoms. The molecule has 2 aromatic rings. The van der Waals surface area contributed by atoms with Gasteiger partial charge in [0.1, 0.15) is 0 Å². The third-order valence-corrected chi connectivity index (χ3v) is 6.55. The van der Waals surface area contributed by atoms with Gasteiger partial charge in [0.05, 0.1) is 9.70 Å². The van der Waals surface area contributed by atoms with Crippen LogP contribution in [-0.2, 0) is 12.2 Å². The first kappa shape index (κ1) is 15.1. The van der Waals surface area contributed by atoms with Gasteiger partial charge in [-0.3, -0.25) is 4.79 Å². The van der Waals surface area contributed by atoms with Crippen LogP contribution in [-0.4, -0.2) is 18.2 Å². The van der Waals surface area contributed by atoms with E-state index in [0.717, 1.165) is 17.1 Å². The van der Waals surface area contributed by atoms with Crippen molar-refractivity contribution in [3.05, 3.63) is 57.3 Å². The number of hydrogen-bond acceptors (Lipinski definition) is 3. The molecule has 110 valence electrons. The van der Waals surface area contributed by atoms with Crippen LogP contribution >= 0.6 is 39.0 Å². The van der Waals surface area contributed by atoms with Gasteiger partial charge in [0.25, 0.3) is 5.91 Å². The molecule has 1 atom stereocenters. The molecule has 5 heteroatoms. The predicted octanol–water partition coefficient (Wildman–Crippen LogP) is 4.40. The highest BCUT2D eigenvalue weighted by molar-refractivity contribution is 9.09. The fraction of sp³-hybridized carbons (Fsp3) is 0.312. The number of aryl methyl sites for hydroxylation is 1. The van der Waals surface area contributed by atoms with E-state index in [1.807, 2.05) is 30.0 Å². The maximum atomic E-state index is 12.3. The lowest BCUT2D eigenvalue weighted by atomic mass is 10.1. The molecule has 0 fully saturated rings. The van der Waals surface area contributed by atoms with E-state index < -0.39 is 0 Å². The molecule has 0 saturated heterocycles. The molecule has 1 N–H and O–H groups in total. The first-order valence-corrected chi connectivity index (χ1v) is 9.79. The van der Waals surface area contributed by atoms with E-state index in [0.29, 0.717) is 6.54 Å². The van der Waals surface area contributed by atoms with Crippen molar-refractivity contribution in [1.82, 2.24) is 5.32 Å². The molecule has 0 bridgehead atoms. The molecule has 0 radical (unpaired) electrons. The van der Waals surface area contributed by atoms with Crippen molar-refractivity contribution < 1.29 is 4.79 Å². The molecule has 1 aliphatic rings. The number of thiophene rings is 1. The lowest BCUT2D eigenvalue weighted by Crippen LogP contribution is -2.25. The van der Waals surface area contributed by atoms with Gasteiger partial charge < -0.3 is 5.32 Å². The van der Waals surface area contributed by atoms with Crippen LogP contribution in [0.3, 0.4) is 0 Å². The Bertz CT molecular complexity index is 603. The van der Waals surface area contributed by atoms with Crippen LogP contribution in [0, 0.1) is 0 Å². The minimum absolute atomic E-state index is 0.0415. The van der Waals surface area contributed by atoms with Gasteiger partial charge in [-0.05, 0) is 29.4 Å². The Labute approximate surface area is 141 Å². The van der Waals surface area contributed by atoms with Gasteiger partial charge in [-0.25, -0.2) is 0 Å². The van der Waals surface area contributed by atoms with E-state index in [-0.39, 0.29) is 10.7 Å². The lowest BCUT2D eigenvalue weighted by molar-refractivity contribution is 0.0958. The summed E-state index contributed by atoms with van der Waals surface area (Å²) >= 11 is 7.23. The summed E-state index contributed by atoms with van der Waals surface area (Å²) in [6.45, 7) is 0.597. The number of hydrogen-bond donors (Lipinski definition) is 1. The van der Waals surface area contributed by atoms with Crippen LogP contribution in [0.5, 0.6) is 0 Å². The summed E-state index contributed by atoms with van der Waals surface area (Å²) in [7, 11) is 0. The number of thioether (sulfide) groups is 1. The number of carbonyl (C=O) groups is 1. The molecule has 2 nitrogen and oxygen atoms in total. The largest absolute Gasteiger partial charge is 0.350 e. The third kappa shape index (κ3) is 3.71. The first-order valence-electron chi connectivity index (χ1n) is 6.90. The number of alkyl halides is 1. The molecule has 1 aromatic heterocycles. The molecule has 1 amide bonds. The molecule has 3 rings (SSSR count). The van der Waals surface area contributed by atoms with Crippen LogP contribution in [0.4, 0.5) is 0 Å². The Hall–Kier alpha value is -0.780. The van der Waals surface area contributed by atoms with Crippen LogP contribution in [0.2, 0.25) is 0 Å². The van der Waals surface area contributed by atoms with Crippen LogP contribution in [0.15, 0.2) is 36.4 Å². The number of halogens is 1. The highest BCUT2D eigenvalue weighted by Gasteiger charge is 2.18. The molecule has 1 aliphatic heterocycles. The molecule has 1 aromatic carbocycles.